The van der Waals surface area contributed by atoms with E-state index in [1.165, 1.54) is 16.9 Å². The average molecular weight is 322 g/mol. The number of aromatic nitrogens is 2. The highest BCUT2D eigenvalue weighted by molar-refractivity contribution is 7.71. The van der Waals surface area contributed by atoms with Crippen LogP contribution in [-0.2, 0) is 19.4 Å². The molecule has 0 fully saturated rings. The summed E-state index contributed by atoms with van der Waals surface area (Å²) in [6, 6.07) is 0. The fourth-order valence-electron chi connectivity index (χ4n) is 2.82. The monoisotopic (exact) mass is 322 g/mol. The number of rotatable bonds is 2. The van der Waals surface area contributed by atoms with Crippen molar-refractivity contribution in [3.63, 3.8) is 0 Å². The third-order valence-electron chi connectivity index (χ3n) is 4.78. The van der Waals surface area contributed by atoms with Crippen LogP contribution in [0.2, 0.25) is 0 Å². The van der Waals surface area contributed by atoms with Gasteiger partial charge in [-0.25, -0.2) is 0 Å². The Labute approximate surface area is 134 Å². The normalized spacial score (nSPS) is 16.4. The molecule has 5 heteroatoms. The highest BCUT2D eigenvalue weighted by atomic mass is 32.1. The maximum atomic E-state index is 12.9. The van der Waals surface area contributed by atoms with Gasteiger partial charge in [-0.05, 0) is 48.4 Å². The van der Waals surface area contributed by atoms with E-state index < -0.39 is 0 Å². The number of hydrogen-bond acceptors (Lipinski definition) is 3. The molecule has 2 aromatic heterocycles. The van der Waals surface area contributed by atoms with Gasteiger partial charge in [0.1, 0.15) is 4.83 Å². The molecule has 0 bridgehead atoms. The average Bonchev–Trinajstić information content (AvgIpc) is 2.92. The molecule has 1 atom stereocenters. The molecule has 0 saturated heterocycles. The number of aryl methyl sites for hydroxylation is 2. The lowest BCUT2D eigenvalue weighted by atomic mass is 9.82. The lowest BCUT2D eigenvalue weighted by molar-refractivity contribution is 0.229. The van der Waals surface area contributed by atoms with Crippen molar-refractivity contribution in [3.05, 3.63) is 25.6 Å². The number of fused-ring (bicyclic) bond motifs is 3. The minimum absolute atomic E-state index is 0.101. The van der Waals surface area contributed by atoms with E-state index in [9.17, 15) is 4.79 Å². The molecule has 0 amide bonds. The topological polar surface area (TPSA) is 37.8 Å². The summed E-state index contributed by atoms with van der Waals surface area (Å²) in [5.41, 5.74) is 1.53. The Kier molecular flexibility index (Phi) is 3.61. The Hall–Kier alpha value is -0.940. The van der Waals surface area contributed by atoms with Crippen LogP contribution < -0.4 is 5.56 Å². The lowest BCUT2D eigenvalue weighted by Gasteiger charge is -2.27. The van der Waals surface area contributed by atoms with Crippen LogP contribution in [0.5, 0.6) is 0 Å². The molecule has 114 valence electrons. The van der Waals surface area contributed by atoms with Crippen LogP contribution >= 0.6 is 23.6 Å². The largest absolute Gasteiger partial charge is 0.323 e. The molecule has 3 nitrogen and oxygen atoms in total. The molecule has 21 heavy (non-hydrogen) atoms. The van der Waals surface area contributed by atoms with Crippen LogP contribution in [0.15, 0.2) is 4.79 Å². The van der Waals surface area contributed by atoms with Gasteiger partial charge in [-0.2, -0.15) is 0 Å². The van der Waals surface area contributed by atoms with Gasteiger partial charge >= 0.3 is 0 Å². The van der Waals surface area contributed by atoms with Crippen molar-refractivity contribution >= 4 is 33.8 Å². The SMILES string of the molecule is CC(Cn1c(=S)[nH]c2sc3c(c2c1=O)CCC3)C(C)(C)C. The second-order valence-electron chi connectivity index (χ2n) is 7.17. The van der Waals surface area contributed by atoms with Crippen LogP contribution in [0.25, 0.3) is 10.2 Å². The summed E-state index contributed by atoms with van der Waals surface area (Å²) in [6.45, 7) is 9.48. The molecule has 0 spiro atoms. The van der Waals surface area contributed by atoms with E-state index in [0.717, 1.165) is 23.1 Å². The predicted octanol–water partition coefficient (Wildman–Crippen LogP) is 4.29. The molecule has 0 aromatic carbocycles. The lowest BCUT2D eigenvalue weighted by Crippen LogP contribution is -2.30. The number of H-pyrrole nitrogens is 1. The number of hydrogen-bond donors (Lipinski definition) is 1. The minimum atomic E-state index is 0.101. The molecule has 1 aliphatic rings. The quantitative estimate of drug-likeness (QED) is 0.838. The zero-order chi connectivity index (χ0) is 15.4. The van der Waals surface area contributed by atoms with E-state index >= 15 is 0 Å². The number of thiophene rings is 1. The maximum Gasteiger partial charge on any atom is 0.263 e. The van der Waals surface area contributed by atoms with Gasteiger partial charge in [0.15, 0.2) is 4.77 Å². The first-order valence-corrected chi connectivity index (χ1v) is 8.79. The van der Waals surface area contributed by atoms with Gasteiger partial charge in [-0.1, -0.05) is 27.7 Å². The van der Waals surface area contributed by atoms with Crippen molar-refractivity contribution in [2.24, 2.45) is 11.3 Å². The summed E-state index contributed by atoms with van der Waals surface area (Å²) in [5, 5.41) is 0.891. The smallest absolute Gasteiger partial charge is 0.263 e. The van der Waals surface area contributed by atoms with Gasteiger partial charge < -0.3 is 4.98 Å². The van der Waals surface area contributed by atoms with Crippen molar-refractivity contribution in [2.75, 3.05) is 0 Å². The molecule has 1 aliphatic carbocycles. The molecule has 3 rings (SSSR count). The van der Waals surface area contributed by atoms with E-state index in [1.54, 1.807) is 15.9 Å². The van der Waals surface area contributed by atoms with Crippen molar-refractivity contribution < 1.29 is 0 Å². The zero-order valence-corrected chi connectivity index (χ0v) is 14.7. The molecule has 2 heterocycles. The van der Waals surface area contributed by atoms with Gasteiger partial charge in [0.2, 0.25) is 0 Å². The number of aromatic amines is 1. The highest BCUT2D eigenvalue weighted by Gasteiger charge is 2.24. The highest BCUT2D eigenvalue weighted by Crippen LogP contribution is 2.34. The molecule has 2 aromatic rings. The summed E-state index contributed by atoms with van der Waals surface area (Å²) >= 11 is 7.14. The first-order valence-electron chi connectivity index (χ1n) is 7.56. The summed E-state index contributed by atoms with van der Waals surface area (Å²) in [4.78, 5) is 18.5. The third kappa shape index (κ3) is 2.50. The Morgan fingerprint density at radius 1 is 1.38 bits per heavy atom. The van der Waals surface area contributed by atoms with Crippen LogP contribution in [-0.4, -0.2) is 9.55 Å². The molecule has 0 saturated carbocycles. The fraction of sp³-hybridized carbons (Fsp3) is 0.625. The molecule has 0 radical (unpaired) electrons. The molecule has 1 N–H and O–H groups in total. The van der Waals surface area contributed by atoms with Crippen LogP contribution in [0.3, 0.4) is 0 Å². The van der Waals surface area contributed by atoms with E-state index in [2.05, 4.69) is 32.7 Å². The first-order chi connectivity index (χ1) is 9.79. The Morgan fingerprint density at radius 3 is 2.76 bits per heavy atom. The minimum Gasteiger partial charge on any atom is -0.323 e. The van der Waals surface area contributed by atoms with Crippen LogP contribution in [0, 0.1) is 16.1 Å². The predicted molar refractivity (Wildman–Crippen MR) is 91.9 cm³/mol. The molecule has 0 aliphatic heterocycles. The van der Waals surface area contributed by atoms with Crippen molar-refractivity contribution in [2.45, 2.75) is 53.5 Å². The third-order valence-corrected chi connectivity index (χ3v) is 6.31. The van der Waals surface area contributed by atoms with E-state index in [0.29, 0.717) is 17.2 Å². The second-order valence-corrected chi connectivity index (χ2v) is 8.67. The van der Waals surface area contributed by atoms with E-state index in [-0.39, 0.29) is 11.0 Å². The maximum absolute atomic E-state index is 12.9. The molecule has 1 unspecified atom stereocenters. The van der Waals surface area contributed by atoms with Gasteiger partial charge in [0, 0.05) is 11.4 Å². The summed E-state index contributed by atoms with van der Waals surface area (Å²) in [5.74, 6) is 0.384. The zero-order valence-electron chi connectivity index (χ0n) is 13.1. The standard InChI is InChI=1S/C16H22N2OS2/c1-9(16(2,3)4)8-18-14(19)12-10-6-5-7-11(10)21-13(12)17-15(18)20/h9H,5-8H2,1-4H3,(H,17,20). The van der Waals surface area contributed by atoms with E-state index in [1.807, 2.05) is 0 Å². The number of nitrogens with one attached hydrogen (secondary N) is 1. The summed E-state index contributed by atoms with van der Waals surface area (Å²) < 4.78 is 2.32. The summed E-state index contributed by atoms with van der Waals surface area (Å²) in [7, 11) is 0. The van der Waals surface area contributed by atoms with Gasteiger partial charge in [0.05, 0.1) is 5.39 Å². The van der Waals surface area contributed by atoms with Crippen LogP contribution in [0.4, 0.5) is 0 Å². The summed E-state index contributed by atoms with van der Waals surface area (Å²) in [6.07, 6.45) is 3.31. The number of nitrogens with zero attached hydrogens (tertiary/aromatic N) is 1. The van der Waals surface area contributed by atoms with Crippen molar-refractivity contribution in [1.29, 1.82) is 0 Å². The van der Waals surface area contributed by atoms with Crippen LogP contribution in [0.1, 0.15) is 44.6 Å². The Morgan fingerprint density at radius 2 is 2.10 bits per heavy atom. The molecular weight excluding hydrogens is 300 g/mol. The molecular formula is C16H22N2OS2. The van der Waals surface area contributed by atoms with Gasteiger partial charge in [0.25, 0.3) is 5.56 Å². The first kappa shape index (κ1) is 15.0. The fourth-order valence-corrected chi connectivity index (χ4v) is 4.43. The second kappa shape index (κ2) is 5.06. The Bertz CT molecular complexity index is 805. The van der Waals surface area contributed by atoms with E-state index in [4.69, 9.17) is 12.2 Å². The Balaban J connectivity index is 2.16. The van der Waals surface area contributed by atoms with Gasteiger partial charge in [-0.15, -0.1) is 11.3 Å². The van der Waals surface area contributed by atoms with Crippen molar-refractivity contribution in [1.82, 2.24) is 9.55 Å². The van der Waals surface area contributed by atoms with Crippen molar-refractivity contribution in [3.8, 4) is 0 Å². The van der Waals surface area contributed by atoms with Gasteiger partial charge in [-0.3, -0.25) is 9.36 Å².